The van der Waals surface area contributed by atoms with Crippen molar-refractivity contribution in [3.05, 3.63) is 71.7 Å². The third kappa shape index (κ3) is 5.96. The summed E-state index contributed by atoms with van der Waals surface area (Å²) in [4.78, 5) is 23.6. The predicted octanol–water partition coefficient (Wildman–Crippen LogP) is 4.35. The van der Waals surface area contributed by atoms with Gasteiger partial charge in [0.15, 0.2) is 12.4 Å². The molecule has 10 heteroatoms. The molecule has 0 atom stereocenters. The summed E-state index contributed by atoms with van der Waals surface area (Å²) in [6.45, 7) is 3.54. The molecule has 3 heterocycles. The quantitative estimate of drug-likeness (QED) is 0.328. The number of aryl methyl sites for hydroxylation is 2. The van der Waals surface area contributed by atoms with Crippen LogP contribution in [-0.2, 0) is 17.8 Å². The smallest absolute Gasteiger partial charge is 0.264 e. The average Bonchev–Trinajstić information content (AvgIpc) is 3.62. The maximum absolute atomic E-state index is 12.8. The van der Waals surface area contributed by atoms with E-state index in [4.69, 9.17) is 18.5 Å². The van der Waals surface area contributed by atoms with Gasteiger partial charge in [0.1, 0.15) is 11.5 Å². The second-order valence-corrected chi connectivity index (χ2v) is 9.02. The molecular weight excluding hydrogens is 474 g/mol. The molecule has 0 N–H and O–H groups in total. The Morgan fingerprint density at radius 2 is 1.76 bits per heavy atom. The summed E-state index contributed by atoms with van der Waals surface area (Å²) < 4.78 is 21.8. The van der Waals surface area contributed by atoms with Gasteiger partial charge in [-0.05, 0) is 44.0 Å². The van der Waals surface area contributed by atoms with Gasteiger partial charge in [-0.25, -0.2) is 0 Å². The van der Waals surface area contributed by atoms with Gasteiger partial charge in [0.25, 0.3) is 5.89 Å². The standard InChI is InChI=1S/C27H29N5O5/c1-18-7-9-20(10-8-18)35-17-24-29-26(30-37-24)19-13-15-32(16-14-19)25(33)12-11-23-28-27(31-36-23)21-5-3-4-6-22(21)34-2/h3-10,19H,11-17H2,1-2H3. The van der Waals surface area contributed by atoms with Crippen LogP contribution in [0.1, 0.15) is 48.3 Å². The number of rotatable bonds is 9. The summed E-state index contributed by atoms with van der Waals surface area (Å²) in [6.07, 6.45) is 2.25. The minimum absolute atomic E-state index is 0.0655. The van der Waals surface area contributed by atoms with Gasteiger partial charge in [-0.1, -0.05) is 40.1 Å². The summed E-state index contributed by atoms with van der Waals surface area (Å²) in [5.41, 5.74) is 1.92. The van der Waals surface area contributed by atoms with E-state index in [2.05, 4.69) is 20.3 Å². The molecule has 37 heavy (non-hydrogen) atoms. The maximum atomic E-state index is 12.8. The van der Waals surface area contributed by atoms with E-state index in [9.17, 15) is 4.79 Å². The Labute approximate surface area is 214 Å². The van der Waals surface area contributed by atoms with Crippen LogP contribution in [0.25, 0.3) is 11.4 Å². The van der Waals surface area contributed by atoms with Crippen LogP contribution in [0.15, 0.2) is 57.6 Å². The van der Waals surface area contributed by atoms with Gasteiger partial charge in [0.2, 0.25) is 17.6 Å². The highest BCUT2D eigenvalue weighted by molar-refractivity contribution is 5.76. The number of ether oxygens (including phenoxy) is 2. The van der Waals surface area contributed by atoms with E-state index in [-0.39, 0.29) is 18.4 Å². The number of carbonyl (C=O) groups is 1. The van der Waals surface area contributed by atoms with Gasteiger partial charge in [-0.2, -0.15) is 9.97 Å². The number of piperidine rings is 1. The molecule has 4 aromatic rings. The summed E-state index contributed by atoms with van der Waals surface area (Å²) in [7, 11) is 1.60. The predicted molar refractivity (Wildman–Crippen MR) is 133 cm³/mol. The molecule has 1 aliphatic rings. The molecule has 2 aromatic carbocycles. The van der Waals surface area contributed by atoms with Gasteiger partial charge in [-0.15, -0.1) is 0 Å². The first-order valence-electron chi connectivity index (χ1n) is 12.3. The molecule has 1 amide bonds. The molecule has 1 saturated heterocycles. The highest BCUT2D eigenvalue weighted by Gasteiger charge is 2.27. The highest BCUT2D eigenvalue weighted by Crippen LogP contribution is 2.28. The Hall–Kier alpha value is -4.21. The second-order valence-electron chi connectivity index (χ2n) is 9.02. The van der Waals surface area contributed by atoms with E-state index in [1.807, 2.05) is 60.4 Å². The van der Waals surface area contributed by atoms with Gasteiger partial charge in [0.05, 0.1) is 12.7 Å². The van der Waals surface area contributed by atoms with Gasteiger partial charge in [0, 0.05) is 31.8 Å². The molecular formula is C27H29N5O5. The molecule has 192 valence electrons. The van der Waals surface area contributed by atoms with Crippen LogP contribution in [0, 0.1) is 6.92 Å². The Kier molecular flexibility index (Phi) is 7.43. The first kappa shape index (κ1) is 24.5. The molecule has 5 rings (SSSR count). The third-order valence-electron chi connectivity index (χ3n) is 6.45. The Morgan fingerprint density at radius 1 is 1.00 bits per heavy atom. The van der Waals surface area contributed by atoms with Crippen LogP contribution < -0.4 is 9.47 Å². The van der Waals surface area contributed by atoms with E-state index >= 15 is 0 Å². The number of amides is 1. The molecule has 0 bridgehead atoms. The summed E-state index contributed by atoms with van der Waals surface area (Å²) in [5.74, 6) is 3.64. The lowest BCUT2D eigenvalue weighted by Gasteiger charge is -2.30. The molecule has 0 spiro atoms. The fourth-order valence-electron chi connectivity index (χ4n) is 4.33. The fourth-order valence-corrected chi connectivity index (χ4v) is 4.33. The normalized spacial score (nSPS) is 14.1. The number of methoxy groups -OCH3 is 1. The van der Waals surface area contributed by atoms with E-state index in [0.29, 0.717) is 55.1 Å². The lowest BCUT2D eigenvalue weighted by molar-refractivity contribution is -0.132. The lowest BCUT2D eigenvalue weighted by Crippen LogP contribution is -2.38. The number of nitrogens with zero attached hydrogens (tertiary/aromatic N) is 5. The molecule has 2 aromatic heterocycles. The van der Waals surface area contributed by atoms with Gasteiger partial charge >= 0.3 is 0 Å². The van der Waals surface area contributed by atoms with Crippen molar-refractivity contribution in [1.29, 1.82) is 0 Å². The zero-order chi connectivity index (χ0) is 25.6. The number of hydrogen-bond acceptors (Lipinski definition) is 9. The van der Waals surface area contributed by atoms with Crippen molar-refractivity contribution in [2.45, 2.75) is 45.1 Å². The Morgan fingerprint density at radius 3 is 2.54 bits per heavy atom. The van der Waals surface area contributed by atoms with Crippen molar-refractivity contribution in [3.63, 3.8) is 0 Å². The Balaban J connectivity index is 1.08. The van der Waals surface area contributed by atoms with E-state index in [1.54, 1.807) is 7.11 Å². The number of likely N-dealkylation sites (tertiary alicyclic amines) is 1. The summed E-state index contributed by atoms with van der Waals surface area (Å²) in [5, 5.41) is 8.19. The van der Waals surface area contributed by atoms with Crippen molar-refractivity contribution >= 4 is 5.91 Å². The van der Waals surface area contributed by atoms with Crippen molar-refractivity contribution in [1.82, 2.24) is 25.2 Å². The first-order valence-corrected chi connectivity index (χ1v) is 12.3. The molecule has 0 aliphatic carbocycles. The number of benzene rings is 2. The molecule has 0 radical (unpaired) electrons. The van der Waals surface area contributed by atoms with Crippen LogP contribution in [0.2, 0.25) is 0 Å². The fraction of sp³-hybridized carbons (Fsp3) is 0.370. The molecule has 1 fully saturated rings. The number of carbonyl (C=O) groups excluding carboxylic acids is 1. The number of para-hydroxylation sites is 1. The number of aromatic nitrogens is 4. The maximum Gasteiger partial charge on any atom is 0.264 e. The minimum atomic E-state index is 0.0655. The van der Waals surface area contributed by atoms with Crippen molar-refractivity contribution < 1.29 is 23.3 Å². The zero-order valence-electron chi connectivity index (χ0n) is 20.9. The number of hydrogen-bond donors (Lipinski definition) is 0. The second kappa shape index (κ2) is 11.2. The Bertz CT molecular complexity index is 1320. The van der Waals surface area contributed by atoms with Crippen LogP contribution in [0.4, 0.5) is 0 Å². The topological polar surface area (TPSA) is 117 Å². The minimum Gasteiger partial charge on any atom is -0.496 e. The van der Waals surface area contributed by atoms with Gasteiger partial charge < -0.3 is 23.4 Å². The van der Waals surface area contributed by atoms with E-state index < -0.39 is 0 Å². The van der Waals surface area contributed by atoms with Crippen LogP contribution in [0.5, 0.6) is 11.5 Å². The van der Waals surface area contributed by atoms with Crippen LogP contribution in [0.3, 0.4) is 0 Å². The highest BCUT2D eigenvalue weighted by atomic mass is 16.5. The SMILES string of the molecule is COc1ccccc1-c1noc(CCC(=O)N2CCC(c3noc(COc4ccc(C)cc4)n3)CC2)n1. The summed E-state index contributed by atoms with van der Waals surface area (Å²) in [6, 6.07) is 15.3. The van der Waals surface area contributed by atoms with E-state index in [0.717, 1.165) is 24.2 Å². The van der Waals surface area contributed by atoms with E-state index in [1.165, 1.54) is 5.56 Å². The summed E-state index contributed by atoms with van der Waals surface area (Å²) >= 11 is 0. The monoisotopic (exact) mass is 503 g/mol. The molecule has 0 unspecified atom stereocenters. The van der Waals surface area contributed by atoms with Crippen LogP contribution in [-0.4, -0.2) is 51.3 Å². The first-order chi connectivity index (χ1) is 18.1. The molecule has 10 nitrogen and oxygen atoms in total. The van der Waals surface area contributed by atoms with Crippen molar-refractivity contribution in [2.75, 3.05) is 20.2 Å². The van der Waals surface area contributed by atoms with Gasteiger partial charge in [-0.3, -0.25) is 4.79 Å². The van der Waals surface area contributed by atoms with Crippen molar-refractivity contribution in [3.8, 4) is 22.9 Å². The molecule has 0 saturated carbocycles. The average molecular weight is 504 g/mol. The largest absolute Gasteiger partial charge is 0.496 e. The third-order valence-corrected chi connectivity index (χ3v) is 6.45. The van der Waals surface area contributed by atoms with Crippen LogP contribution >= 0.6 is 0 Å². The molecule has 1 aliphatic heterocycles. The van der Waals surface area contributed by atoms with Crippen molar-refractivity contribution in [2.24, 2.45) is 0 Å². The lowest BCUT2D eigenvalue weighted by atomic mass is 9.96. The zero-order valence-corrected chi connectivity index (χ0v) is 20.9.